The van der Waals surface area contributed by atoms with Gasteiger partial charge < -0.3 is 11.1 Å². The number of unbranched alkanes of at least 4 members (excludes halogenated alkanes) is 2. The number of hydrogen-bond donors (Lipinski definition) is 2. The summed E-state index contributed by atoms with van der Waals surface area (Å²) < 4.78 is 0. The Morgan fingerprint density at radius 2 is 2.09 bits per heavy atom. The second kappa shape index (κ2) is 7.77. The molecule has 0 saturated heterocycles. The van der Waals surface area contributed by atoms with Crippen LogP contribution >= 0.6 is 11.3 Å². The summed E-state index contributed by atoms with van der Waals surface area (Å²) in [4.78, 5) is 25.1. The van der Waals surface area contributed by atoms with Crippen LogP contribution < -0.4 is 11.1 Å². The Labute approximate surface area is 136 Å². The number of hydrogen-bond acceptors (Lipinski definition) is 3. The molecule has 1 aromatic heterocycles. The fourth-order valence-electron chi connectivity index (χ4n) is 3.08. The fourth-order valence-corrected chi connectivity index (χ4v) is 4.46. The van der Waals surface area contributed by atoms with E-state index in [9.17, 15) is 9.59 Å². The number of thiophene rings is 1. The van der Waals surface area contributed by atoms with Gasteiger partial charge in [0.1, 0.15) is 5.00 Å². The molecule has 0 aromatic carbocycles. The third-order valence-electron chi connectivity index (χ3n) is 4.45. The van der Waals surface area contributed by atoms with Gasteiger partial charge in [0.15, 0.2) is 0 Å². The first-order chi connectivity index (χ1) is 10.6. The van der Waals surface area contributed by atoms with Crippen molar-refractivity contribution in [2.24, 2.45) is 11.7 Å². The predicted octanol–water partition coefficient (Wildman–Crippen LogP) is 3.88. The summed E-state index contributed by atoms with van der Waals surface area (Å²) in [5.41, 5.74) is 7.19. The largest absolute Gasteiger partial charge is 0.365 e. The number of rotatable bonds is 7. The van der Waals surface area contributed by atoms with E-state index >= 15 is 0 Å². The Bertz CT molecular complexity index is 551. The van der Waals surface area contributed by atoms with Crippen LogP contribution in [0.4, 0.5) is 5.00 Å². The first-order valence-electron chi connectivity index (χ1n) is 8.30. The number of carbonyl (C=O) groups excluding carboxylic acids is 2. The Morgan fingerprint density at radius 1 is 1.32 bits per heavy atom. The zero-order chi connectivity index (χ0) is 16.1. The molecule has 1 atom stereocenters. The van der Waals surface area contributed by atoms with E-state index in [-0.39, 0.29) is 5.91 Å². The second-order valence-electron chi connectivity index (χ2n) is 6.09. The Kier molecular flexibility index (Phi) is 6.00. The van der Waals surface area contributed by atoms with Gasteiger partial charge in [0, 0.05) is 11.3 Å². The molecule has 4 nitrogen and oxygen atoms in total. The van der Waals surface area contributed by atoms with E-state index in [0.717, 1.165) is 50.5 Å². The quantitative estimate of drug-likeness (QED) is 0.748. The molecule has 22 heavy (non-hydrogen) atoms. The molecule has 1 heterocycles. The molecule has 0 fully saturated rings. The van der Waals surface area contributed by atoms with E-state index in [1.807, 2.05) is 0 Å². The molecule has 1 unspecified atom stereocenters. The van der Waals surface area contributed by atoms with Crippen molar-refractivity contribution in [2.45, 2.75) is 65.2 Å². The van der Waals surface area contributed by atoms with E-state index in [4.69, 9.17) is 5.73 Å². The average Bonchev–Trinajstić information content (AvgIpc) is 2.84. The van der Waals surface area contributed by atoms with Gasteiger partial charge in [-0.25, -0.2) is 0 Å². The molecule has 0 spiro atoms. The summed E-state index contributed by atoms with van der Waals surface area (Å²) >= 11 is 1.54. The lowest BCUT2D eigenvalue weighted by molar-refractivity contribution is -0.116. The predicted molar refractivity (Wildman–Crippen MR) is 91.4 cm³/mol. The van der Waals surface area contributed by atoms with Crippen LogP contribution in [0, 0.1) is 5.92 Å². The molecular formula is C17H26N2O2S. The molecule has 2 rings (SSSR count). The number of anilines is 1. The summed E-state index contributed by atoms with van der Waals surface area (Å²) in [6.07, 6.45) is 7.69. The first kappa shape index (κ1) is 17.0. The minimum absolute atomic E-state index is 0.0124. The SMILES string of the molecule is CCCCCC(=O)Nc1sc2c(c1C(N)=O)CCC(CC)C2. The summed E-state index contributed by atoms with van der Waals surface area (Å²) in [5.74, 6) is 0.248. The lowest BCUT2D eigenvalue weighted by Crippen LogP contribution is -2.19. The van der Waals surface area contributed by atoms with Gasteiger partial charge in [0.25, 0.3) is 5.91 Å². The van der Waals surface area contributed by atoms with Crippen molar-refractivity contribution in [3.63, 3.8) is 0 Å². The van der Waals surface area contributed by atoms with Crippen molar-refractivity contribution in [1.29, 1.82) is 0 Å². The highest BCUT2D eigenvalue weighted by molar-refractivity contribution is 7.17. The van der Waals surface area contributed by atoms with E-state index < -0.39 is 5.91 Å². The number of nitrogens with two attached hydrogens (primary N) is 1. The number of amides is 2. The highest BCUT2D eigenvalue weighted by atomic mass is 32.1. The molecule has 122 valence electrons. The first-order valence-corrected chi connectivity index (χ1v) is 9.12. The molecule has 2 amide bonds. The standard InChI is InChI=1S/C17H26N2O2S/c1-3-5-6-7-14(20)19-17-15(16(18)21)12-9-8-11(4-2)10-13(12)22-17/h11H,3-10H2,1-2H3,(H2,18,21)(H,19,20). The minimum Gasteiger partial charge on any atom is -0.365 e. The van der Waals surface area contributed by atoms with E-state index in [2.05, 4.69) is 19.2 Å². The maximum Gasteiger partial charge on any atom is 0.251 e. The van der Waals surface area contributed by atoms with Crippen LogP contribution in [0.25, 0.3) is 0 Å². The van der Waals surface area contributed by atoms with Crippen molar-refractivity contribution in [2.75, 3.05) is 5.32 Å². The highest BCUT2D eigenvalue weighted by Gasteiger charge is 2.27. The van der Waals surface area contributed by atoms with E-state index in [1.165, 1.54) is 4.88 Å². The van der Waals surface area contributed by atoms with Crippen LogP contribution in [0.3, 0.4) is 0 Å². The van der Waals surface area contributed by atoms with Crippen LogP contribution in [-0.4, -0.2) is 11.8 Å². The van der Waals surface area contributed by atoms with Gasteiger partial charge in [-0.1, -0.05) is 33.1 Å². The number of nitrogens with one attached hydrogen (secondary N) is 1. The molecule has 0 radical (unpaired) electrons. The van der Waals surface area contributed by atoms with Crippen LogP contribution in [0.5, 0.6) is 0 Å². The van der Waals surface area contributed by atoms with Crippen LogP contribution in [0.2, 0.25) is 0 Å². The highest BCUT2D eigenvalue weighted by Crippen LogP contribution is 2.40. The molecule has 0 saturated carbocycles. The van der Waals surface area contributed by atoms with Gasteiger partial charge in [-0.15, -0.1) is 11.3 Å². The summed E-state index contributed by atoms with van der Waals surface area (Å²) in [6, 6.07) is 0. The van der Waals surface area contributed by atoms with Crippen LogP contribution in [0.1, 0.15) is 73.2 Å². The summed E-state index contributed by atoms with van der Waals surface area (Å²) in [7, 11) is 0. The summed E-state index contributed by atoms with van der Waals surface area (Å²) in [5, 5.41) is 3.58. The van der Waals surface area contributed by atoms with Crippen molar-refractivity contribution >= 4 is 28.2 Å². The number of fused-ring (bicyclic) bond motifs is 1. The van der Waals surface area contributed by atoms with Crippen molar-refractivity contribution < 1.29 is 9.59 Å². The van der Waals surface area contributed by atoms with E-state index in [1.54, 1.807) is 11.3 Å². The molecule has 1 aliphatic rings. The summed E-state index contributed by atoms with van der Waals surface area (Å²) in [6.45, 7) is 4.31. The zero-order valence-corrected chi connectivity index (χ0v) is 14.4. The average molecular weight is 322 g/mol. The second-order valence-corrected chi connectivity index (χ2v) is 7.20. The Hall–Kier alpha value is -1.36. The lowest BCUT2D eigenvalue weighted by atomic mass is 9.85. The van der Waals surface area contributed by atoms with Gasteiger partial charge in [-0.05, 0) is 37.2 Å². The minimum atomic E-state index is -0.420. The van der Waals surface area contributed by atoms with Crippen molar-refractivity contribution in [3.8, 4) is 0 Å². The van der Waals surface area contributed by atoms with E-state index in [0.29, 0.717) is 22.9 Å². The molecule has 0 aliphatic heterocycles. The topological polar surface area (TPSA) is 72.2 Å². The van der Waals surface area contributed by atoms with Crippen LogP contribution in [0.15, 0.2) is 0 Å². The van der Waals surface area contributed by atoms with Gasteiger partial charge >= 0.3 is 0 Å². The molecule has 5 heteroatoms. The molecule has 1 aromatic rings. The Balaban J connectivity index is 2.15. The van der Waals surface area contributed by atoms with Crippen molar-refractivity contribution in [1.82, 2.24) is 0 Å². The molecule has 3 N–H and O–H groups in total. The third-order valence-corrected chi connectivity index (χ3v) is 5.62. The zero-order valence-electron chi connectivity index (χ0n) is 13.5. The van der Waals surface area contributed by atoms with Gasteiger partial charge in [0.05, 0.1) is 5.56 Å². The molecule has 0 bridgehead atoms. The Morgan fingerprint density at radius 3 is 2.73 bits per heavy atom. The lowest BCUT2D eigenvalue weighted by Gasteiger charge is -2.20. The maximum atomic E-state index is 12.0. The molecule has 1 aliphatic carbocycles. The smallest absolute Gasteiger partial charge is 0.251 e. The van der Waals surface area contributed by atoms with Crippen LogP contribution in [-0.2, 0) is 17.6 Å². The van der Waals surface area contributed by atoms with Crippen molar-refractivity contribution in [3.05, 3.63) is 16.0 Å². The molecular weight excluding hydrogens is 296 g/mol. The van der Waals surface area contributed by atoms with Gasteiger partial charge in [-0.3, -0.25) is 9.59 Å². The number of primary amides is 1. The number of carbonyl (C=O) groups is 2. The maximum absolute atomic E-state index is 12.0. The normalized spacial score (nSPS) is 17.1. The monoisotopic (exact) mass is 322 g/mol. The third kappa shape index (κ3) is 3.88. The van der Waals surface area contributed by atoms with Gasteiger partial charge in [0.2, 0.25) is 5.91 Å². The fraction of sp³-hybridized carbons (Fsp3) is 0.647. The van der Waals surface area contributed by atoms with Gasteiger partial charge in [-0.2, -0.15) is 0 Å².